The molecular formula is C18H19F9. The van der Waals surface area contributed by atoms with Crippen molar-refractivity contribution in [2.45, 2.75) is 68.9 Å². The molecule has 0 heterocycles. The second-order valence-electron chi connectivity index (χ2n) is 6.91. The Morgan fingerprint density at radius 1 is 0.741 bits per heavy atom. The van der Waals surface area contributed by atoms with E-state index in [1.165, 1.54) is 0 Å². The van der Waals surface area contributed by atoms with Crippen molar-refractivity contribution in [3.05, 3.63) is 35.4 Å². The molecule has 0 aromatic heterocycles. The van der Waals surface area contributed by atoms with Crippen molar-refractivity contribution in [3.63, 3.8) is 0 Å². The summed E-state index contributed by atoms with van der Waals surface area (Å²) in [4.78, 5) is 0. The summed E-state index contributed by atoms with van der Waals surface area (Å²) >= 11 is 0. The van der Waals surface area contributed by atoms with Crippen molar-refractivity contribution >= 4 is 0 Å². The maximum atomic E-state index is 14.0. The molecule has 0 spiro atoms. The van der Waals surface area contributed by atoms with E-state index in [0.29, 0.717) is 0 Å². The number of benzene rings is 1. The van der Waals surface area contributed by atoms with Crippen molar-refractivity contribution in [3.8, 4) is 0 Å². The molecule has 1 aromatic carbocycles. The lowest BCUT2D eigenvalue weighted by Crippen LogP contribution is -2.63. The van der Waals surface area contributed by atoms with Crippen molar-refractivity contribution in [1.29, 1.82) is 0 Å². The topological polar surface area (TPSA) is 0 Å². The lowest BCUT2D eigenvalue weighted by molar-refractivity contribution is -0.404. The zero-order valence-electron chi connectivity index (χ0n) is 14.4. The standard InChI is InChI=1S/C18H19F9/c1-2-11-3-5-12(6-4-11)13-7-9-14(10-8-13)15(19,20)16(21,22)17(23,24)18(25,26)27/h3-6,13-14H,2,7-10H2,1H3. The summed E-state index contributed by atoms with van der Waals surface area (Å²) in [6.07, 6.45) is -7.06. The van der Waals surface area contributed by atoms with E-state index in [2.05, 4.69) is 0 Å². The molecule has 1 saturated carbocycles. The molecule has 1 fully saturated rings. The molecule has 1 aromatic rings. The van der Waals surface area contributed by atoms with Gasteiger partial charge in [-0.1, -0.05) is 31.2 Å². The van der Waals surface area contributed by atoms with Crippen LogP contribution in [0.15, 0.2) is 24.3 Å². The van der Waals surface area contributed by atoms with Gasteiger partial charge < -0.3 is 0 Å². The highest BCUT2D eigenvalue weighted by atomic mass is 19.4. The van der Waals surface area contributed by atoms with E-state index >= 15 is 0 Å². The highest BCUT2D eigenvalue weighted by molar-refractivity contribution is 5.26. The molecule has 0 nitrogen and oxygen atoms in total. The van der Waals surface area contributed by atoms with E-state index in [-0.39, 0.29) is 18.8 Å². The van der Waals surface area contributed by atoms with Crippen molar-refractivity contribution in [2.24, 2.45) is 5.92 Å². The van der Waals surface area contributed by atoms with E-state index in [4.69, 9.17) is 0 Å². The monoisotopic (exact) mass is 406 g/mol. The molecule has 0 bridgehead atoms. The number of hydrogen-bond donors (Lipinski definition) is 0. The summed E-state index contributed by atoms with van der Waals surface area (Å²) < 4.78 is 118. The van der Waals surface area contributed by atoms with Crippen LogP contribution in [-0.2, 0) is 6.42 Å². The first-order chi connectivity index (χ1) is 12.3. The van der Waals surface area contributed by atoms with Gasteiger partial charge in [0.1, 0.15) is 0 Å². The maximum absolute atomic E-state index is 14.0. The predicted molar refractivity (Wildman–Crippen MR) is 81.4 cm³/mol. The van der Waals surface area contributed by atoms with Gasteiger partial charge in [-0.3, -0.25) is 0 Å². The van der Waals surface area contributed by atoms with Gasteiger partial charge in [0.05, 0.1) is 0 Å². The highest BCUT2D eigenvalue weighted by Crippen LogP contribution is 2.57. The third kappa shape index (κ3) is 3.78. The summed E-state index contributed by atoms with van der Waals surface area (Å²) in [5.41, 5.74) is 1.86. The lowest BCUT2D eigenvalue weighted by Gasteiger charge is -2.40. The van der Waals surface area contributed by atoms with Gasteiger partial charge in [-0.15, -0.1) is 0 Å². The van der Waals surface area contributed by atoms with E-state index in [1.54, 1.807) is 12.1 Å². The third-order valence-electron chi connectivity index (χ3n) is 5.27. The molecule has 2 rings (SSSR count). The van der Waals surface area contributed by atoms with Gasteiger partial charge in [-0.25, -0.2) is 0 Å². The van der Waals surface area contributed by atoms with E-state index < -0.39 is 42.7 Å². The quantitative estimate of drug-likeness (QED) is 0.462. The van der Waals surface area contributed by atoms with Crippen LogP contribution in [0.3, 0.4) is 0 Å². The van der Waals surface area contributed by atoms with Crippen LogP contribution in [0.5, 0.6) is 0 Å². The van der Waals surface area contributed by atoms with Crippen LogP contribution < -0.4 is 0 Å². The first-order valence-electron chi connectivity index (χ1n) is 8.54. The second kappa shape index (κ2) is 7.20. The lowest BCUT2D eigenvalue weighted by atomic mass is 9.74. The Hall–Kier alpha value is -1.41. The first kappa shape index (κ1) is 21.9. The first-order valence-corrected chi connectivity index (χ1v) is 8.54. The van der Waals surface area contributed by atoms with Crippen LogP contribution in [-0.4, -0.2) is 23.9 Å². The van der Waals surface area contributed by atoms with Gasteiger partial charge >= 0.3 is 23.9 Å². The fourth-order valence-corrected chi connectivity index (χ4v) is 3.46. The highest BCUT2D eigenvalue weighted by Gasteiger charge is 2.82. The largest absolute Gasteiger partial charge is 0.460 e. The summed E-state index contributed by atoms with van der Waals surface area (Å²) in [5.74, 6) is -21.3. The van der Waals surface area contributed by atoms with Gasteiger partial charge in [0.2, 0.25) is 0 Å². The number of hydrogen-bond acceptors (Lipinski definition) is 0. The van der Waals surface area contributed by atoms with Gasteiger partial charge in [0.15, 0.2) is 0 Å². The molecule has 0 aliphatic heterocycles. The average Bonchev–Trinajstić information content (AvgIpc) is 2.60. The predicted octanol–water partition coefficient (Wildman–Crippen LogP) is 6.99. The molecular weight excluding hydrogens is 387 g/mol. The Morgan fingerprint density at radius 2 is 1.22 bits per heavy atom. The van der Waals surface area contributed by atoms with Crippen molar-refractivity contribution in [1.82, 2.24) is 0 Å². The molecule has 0 unspecified atom stereocenters. The molecule has 27 heavy (non-hydrogen) atoms. The van der Waals surface area contributed by atoms with Crippen molar-refractivity contribution in [2.75, 3.05) is 0 Å². The van der Waals surface area contributed by atoms with Crippen LogP contribution in [0.4, 0.5) is 39.5 Å². The third-order valence-corrected chi connectivity index (χ3v) is 5.27. The van der Waals surface area contributed by atoms with Gasteiger partial charge in [-0.2, -0.15) is 39.5 Å². The van der Waals surface area contributed by atoms with Gasteiger partial charge in [0.25, 0.3) is 0 Å². The molecule has 0 amide bonds. The fraction of sp³-hybridized carbons (Fsp3) is 0.667. The van der Waals surface area contributed by atoms with E-state index in [9.17, 15) is 39.5 Å². The zero-order chi connectivity index (χ0) is 20.7. The molecule has 154 valence electrons. The summed E-state index contributed by atoms with van der Waals surface area (Å²) in [7, 11) is 0. The van der Waals surface area contributed by atoms with Gasteiger partial charge in [0, 0.05) is 5.92 Å². The van der Waals surface area contributed by atoms with Crippen LogP contribution in [0, 0.1) is 5.92 Å². The smallest absolute Gasteiger partial charge is 0.199 e. The second-order valence-corrected chi connectivity index (χ2v) is 6.91. The Morgan fingerprint density at radius 3 is 1.63 bits per heavy atom. The molecule has 0 N–H and O–H groups in total. The molecule has 1 aliphatic carbocycles. The van der Waals surface area contributed by atoms with E-state index in [0.717, 1.165) is 17.5 Å². The maximum Gasteiger partial charge on any atom is 0.460 e. The minimum atomic E-state index is -6.81. The zero-order valence-corrected chi connectivity index (χ0v) is 14.4. The number of aryl methyl sites for hydroxylation is 1. The number of rotatable bonds is 5. The van der Waals surface area contributed by atoms with Crippen molar-refractivity contribution < 1.29 is 39.5 Å². The SMILES string of the molecule is CCc1ccc(C2CCC(C(F)(F)C(F)(F)C(F)(F)C(F)(F)F)CC2)cc1. The van der Waals surface area contributed by atoms with Crippen LogP contribution >= 0.6 is 0 Å². The summed E-state index contributed by atoms with van der Waals surface area (Å²) in [6.45, 7) is 1.94. The Labute approximate surface area is 150 Å². The molecule has 9 heteroatoms. The number of alkyl halides is 9. The molecule has 0 saturated heterocycles. The summed E-state index contributed by atoms with van der Waals surface area (Å²) in [6, 6.07) is 7.25. The average molecular weight is 406 g/mol. The minimum absolute atomic E-state index is 0.0133. The van der Waals surface area contributed by atoms with Gasteiger partial charge in [-0.05, 0) is 49.1 Å². The molecule has 1 aliphatic rings. The normalized spacial score (nSPS) is 22.7. The van der Waals surface area contributed by atoms with Crippen LogP contribution in [0.1, 0.15) is 49.7 Å². The minimum Gasteiger partial charge on any atom is -0.199 e. The Bertz CT molecular complexity index is 623. The van der Waals surface area contributed by atoms with E-state index in [1.807, 2.05) is 19.1 Å². The summed E-state index contributed by atoms with van der Waals surface area (Å²) in [5, 5.41) is 0. The Balaban J connectivity index is 2.13. The Kier molecular flexibility index (Phi) is 5.84. The number of halogens is 9. The molecule has 0 radical (unpaired) electrons. The fourth-order valence-electron chi connectivity index (χ4n) is 3.46. The van der Waals surface area contributed by atoms with Crippen LogP contribution in [0.2, 0.25) is 0 Å². The van der Waals surface area contributed by atoms with Crippen LogP contribution in [0.25, 0.3) is 0 Å². The molecule has 0 atom stereocenters.